The molecule has 1 heterocycles. The number of amides is 1. The standard InChI is InChI=1S/C14H28N2O/c1-5-12(4)16(7-3)13(17)14(6-2)9-8-10-15-11-14/h12,15H,5-11H2,1-4H3. The Bertz CT molecular complexity index is 247. The van der Waals surface area contributed by atoms with Crippen molar-refractivity contribution < 1.29 is 4.79 Å². The van der Waals surface area contributed by atoms with E-state index in [4.69, 9.17) is 0 Å². The van der Waals surface area contributed by atoms with Gasteiger partial charge in [0.2, 0.25) is 5.91 Å². The van der Waals surface area contributed by atoms with Crippen LogP contribution < -0.4 is 5.32 Å². The minimum absolute atomic E-state index is 0.141. The van der Waals surface area contributed by atoms with Gasteiger partial charge in [-0.1, -0.05) is 13.8 Å². The summed E-state index contributed by atoms with van der Waals surface area (Å²) in [4.78, 5) is 14.8. The second kappa shape index (κ2) is 6.39. The molecule has 1 rings (SSSR count). The first-order chi connectivity index (χ1) is 8.11. The van der Waals surface area contributed by atoms with Crippen LogP contribution in [0.5, 0.6) is 0 Å². The van der Waals surface area contributed by atoms with Gasteiger partial charge in [-0.2, -0.15) is 0 Å². The molecule has 1 N–H and O–H groups in total. The molecule has 100 valence electrons. The van der Waals surface area contributed by atoms with Gasteiger partial charge in [0.1, 0.15) is 0 Å². The molecule has 0 aromatic rings. The number of rotatable bonds is 5. The van der Waals surface area contributed by atoms with Crippen molar-refractivity contribution in [3.05, 3.63) is 0 Å². The number of nitrogens with zero attached hydrogens (tertiary/aromatic N) is 1. The maximum absolute atomic E-state index is 12.8. The van der Waals surface area contributed by atoms with Gasteiger partial charge >= 0.3 is 0 Å². The molecule has 0 aromatic heterocycles. The molecule has 3 nitrogen and oxygen atoms in total. The molecule has 0 radical (unpaired) electrons. The highest BCUT2D eigenvalue weighted by Crippen LogP contribution is 2.33. The lowest BCUT2D eigenvalue weighted by Gasteiger charge is -2.41. The molecule has 0 bridgehead atoms. The summed E-state index contributed by atoms with van der Waals surface area (Å²) in [6.07, 6.45) is 4.15. The monoisotopic (exact) mass is 240 g/mol. The van der Waals surface area contributed by atoms with Crippen molar-refractivity contribution >= 4 is 5.91 Å². The molecule has 1 aliphatic rings. The van der Waals surface area contributed by atoms with Gasteiger partial charge in [-0.15, -0.1) is 0 Å². The van der Waals surface area contributed by atoms with Gasteiger partial charge in [0, 0.05) is 19.1 Å². The third-order valence-corrected chi connectivity index (χ3v) is 4.33. The van der Waals surface area contributed by atoms with Crippen LogP contribution in [0.4, 0.5) is 0 Å². The fraction of sp³-hybridized carbons (Fsp3) is 0.929. The largest absolute Gasteiger partial charge is 0.340 e. The summed E-state index contributed by atoms with van der Waals surface area (Å²) in [5.74, 6) is 0.365. The number of hydrogen-bond donors (Lipinski definition) is 1. The number of carbonyl (C=O) groups excluding carboxylic acids is 1. The van der Waals surface area contributed by atoms with Gasteiger partial charge in [0.05, 0.1) is 5.41 Å². The Balaban J connectivity index is 2.82. The van der Waals surface area contributed by atoms with E-state index < -0.39 is 0 Å². The molecule has 2 unspecified atom stereocenters. The zero-order chi connectivity index (χ0) is 12.9. The minimum atomic E-state index is -0.141. The molecule has 1 saturated heterocycles. The van der Waals surface area contributed by atoms with Crippen LogP contribution in [0.2, 0.25) is 0 Å². The minimum Gasteiger partial charge on any atom is -0.340 e. The first kappa shape index (κ1) is 14.5. The molecule has 17 heavy (non-hydrogen) atoms. The third kappa shape index (κ3) is 3.01. The SMILES string of the molecule is CCC(C)N(CC)C(=O)C1(CC)CCCNC1. The fourth-order valence-corrected chi connectivity index (χ4v) is 2.78. The van der Waals surface area contributed by atoms with Gasteiger partial charge < -0.3 is 10.2 Å². The summed E-state index contributed by atoms with van der Waals surface area (Å²) >= 11 is 0. The Morgan fingerprint density at radius 2 is 2.12 bits per heavy atom. The highest BCUT2D eigenvalue weighted by atomic mass is 16.2. The van der Waals surface area contributed by atoms with E-state index in [0.717, 1.165) is 45.3 Å². The van der Waals surface area contributed by atoms with Crippen LogP contribution in [-0.2, 0) is 4.79 Å². The predicted octanol–water partition coefficient (Wildman–Crippen LogP) is 2.41. The van der Waals surface area contributed by atoms with E-state index in [1.54, 1.807) is 0 Å². The highest BCUT2D eigenvalue weighted by Gasteiger charge is 2.40. The van der Waals surface area contributed by atoms with Gasteiger partial charge in [0.25, 0.3) is 0 Å². The maximum atomic E-state index is 12.8. The maximum Gasteiger partial charge on any atom is 0.230 e. The van der Waals surface area contributed by atoms with Gasteiger partial charge in [0.15, 0.2) is 0 Å². The van der Waals surface area contributed by atoms with E-state index in [2.05, 4.69) is 37.9 Å². The van der Waals surface area contributed by atoms with Crippen LogP contribution >= 0.6 is 0 Å². The lowest BCUT2D eigenvalue weighted by atomic mass is 9.76. The Hall–Kier alpha value is -0.570. The molecule has 3 heteroatoms. The van der Waals surface area contributed by atoms with Crippen molar-refractivity contribution in [3.63, 3.8) is 0 Å². The highest BCUT2D eigenvalue weighted by molar-refractivity contribution is 5.83. The quantitative estimate of drug-likeness (QED) is 0.800. The summed E-state index contributed by atoms with van der Waals surface area (Å²) in [5, 5.41) is 3.40. The molecule has 0 aliphatic carbocycles. The first-order valence-electron chi connectivity index (χ1n) is 7.13. The van der Waals surface area contributed by atoms with E-state index in [9.17, 15) is 4.79 Å². The second-order valence-electron chi connectivity index (χ2n) is 5.26. The number of carbonyl (C=O) groups is 1. The van der Waals surface area contributed by atoms with Crippen LogP contribution in [0.25, 0.3) is 0 Å². The van der Waals surface area contributed by atoms with E-state index >= 15 is 0 Å². The van der Waals surface area contributed by atoms with E-state index in [0.29, 0.717) is 11.9 Å². The van der Waals surface area contributed by atoms with Crippen LogP contribution in [-0.4, -0.2) is 36.5 Å². The molecule has 1 amide bonds. The molecular weight excluding hydrogens is 212 g/mol. The zero-order valence-corrected chi connectivity index (χ0v) is 11.9. The summed E-state index contributed by atoms with van der Waals surface area (Å²) < 4.78 is 0. The molecular formula is C14H28N2O. The van der Waals surface area contributed by atoms with E-state index in [-0.39, 0.29) is 5.41 Å². The smallest absolute Gasteiger partial charge is 0.230 e. The lowest BCUT2D eigenvalue weighted by molar-refractivity contribution is -0.145. The van der Waals surface area contributed by atoms with Crippen LogP contribution in [0.15, 0.2) is 0 Å². The van der Waals surface area contributed by atoms with Crippen molar-refractivity contribution in [2.24, 2.45) is 5.41 Å². The molecule has 0 saturated carbocycles. The van der Waals surface area contributed by atoms with Crippen molar-refractivity contribution in [2.45, 2.75) is 59.4 Å². The number of piperidine rings is 1. The predicted molar refractivity (Wildman–Crippen MR) is 72.0 cm³/mol. The van der Waals surface area contributed by atoms with Crippen molar-refractivity contribution in [1.82, 2.24) is 10.2 Å². The van der Waals surface area contributed by atoms with Crippen molar-refractivity contribution in [2.75, 3.05) is 19.6 Å². The Morgan fingerprint density at radius 3 is 2.53 bits per heavy atom. The van der Waals surface area contributed by atoms with Crippen molar-refractivity contribution in [1.29, 1.82) is 0 Å². The number of hydrogen-bond acceptors (Lipinski definition) is 2. The molecule has 2 atom stereocenters. The normalized spacial score (nSPS) is 26.6. The van der Waals surface area contributed by atoms with Crippen LogP contribution in [0.1, 0.15) is 53.4 Å². The zero-order valence-electron chi connectivity index (χ0n) is 11.9. The lowest BCUT2D eigenvalue weighted by Crippen LogP contribution is -2.53. The topological polar surface area (TPSA) is 32.3 Å². The van der Waals surface area contributed by atoms with Crippen LogP contribution in [0.3, 0.4) is 0 Å². The molecule has 1 fully saturated rings. The van der Waals surface area contributed by atoms with E-state index in [1.165, 1.54) is 0 Å². The van der Waals surface area contributed by atoms with Crippen molar-refractivity contribution in [3.8, 4) is 0 Å². The molecule has 0 spiro atoms. The van der Waals surface area contributed by atoms with Gasteiger partial charge in [-0.05, 0) is 46.1 Å². The van der Waals surface area contributed by atoms with Gasteiger partial charge in [-0.3, -0.25) is 4.79 Å². The average Bonchev–Trinajstić information content (AvgIpc) is 2.39. The fourth-order valence-electron chi connectivity index (χ4n) is 2.78. The Morgan fingerprint density at radius 1 is 1.41 bits per heavy atom. The van der Waals surface area contributed by atoms with E-state index in [1.807, 2.05) is 0 Å². The summed E-state index contributed by atoms with van der Waals surface area (Å²) in [5.41, 5.74) is -0.141. The summed E-state index contributed by atoms with van der Waals surface area (Å²) in [7, 11) is 0. The molecule has 1 aliphatic heterocycles. The summed E-state index contributed by atoms with van der Waals surface area (Å²) in [6, 6.07) is 0.359. The summed E-state index contributed by atoms with van der Waals surface area (Å²) in [6.45, 7) is 11.3. The van der Waals surface area contributed by atoms with Gasteiger partial charge in [-0.25, -0.2) is 0 Å². The second-order valence-corrected chi connectivity index (χ2v) is 5.26. The molecule has 0 aromatic carbocycles. The average molecular weight is 240 g/mol. The third-order valence-electron chi connectivity index (χ3n) is 4.33. The number of nitrogens with one attached hydrogen (secondary N) is 1. The first-order valence-corrected chi connectivity index (χ1v) is 7.13. The van der Waals surface area contributed by atoms with Crippen LogP contribution in [0, 0.1) is 5.41 Å². The Labute approximate surface area is 106 Å². The Kier molecular flexibility index (Phi) is 5.44.